The molecule has 1 saturated heterocycles. The number of hydrogen-bond donors (Lipinski definition) is 9. The fourth-order valence-corrected chi connectivity index (χ4v) is 7.27. The second kappa shape index (κ2) is 16.9. The van der Waals surface area contributed by atoms with Gasteiger partial charge in [-0.3, -0.25) is 27.7 Å². The molecular formula is C24H42N7O16P3. The van der Waals surface area contributed by atoms with Crippen molar-refractivity contribution in [3.8, 4) is 0 Å². The van der Waals surface area contributed by atoms with Crippen molar-refractivity contribution in [1.29, 1.82) is 0 Å². The molecule has 23 nitrogen and oxygen atoms in total. The third-order valence-corrected chi connectivity index (χ3v) is 10.2. The van der Waals surface area contributed by atoms with Crippen molar-refractivity contribution in [3.63, 3.8) is 0 Å². The van der Waals surface area contributed by atoms with Crippen LogP contribution < -0.4 is 16.4 Å². The van der Waals surface area contributed by atoms with Gasteiger partial charge in [0.2, 0.25) is 11.8 Å². The molecule has 2 amide bonds. The van der Waals surface area contributed by atoms with Crippen molar-refractivity contribution in [2.24, 2.45) is 11.3 Å². The Balaban J connectivity index is 1.57. The Morgan fingerprint density at radius 1 is 1.06 bits per heavy atom. The van der Waals surface area contributed by atoms with Crippen LogP contribution in [0.15, 0.2) is 12.7 Å². The Morgan fingerprint density at radius 3 is 2.36 bits per heavy atom. The minimum Gasteiger partial charge on any atom is -0.386 e. The van der Waals surface area contributed by atoms with Crippen LogP contribution in [0.3, 0.4) is 0 Å². The van der Waals surface area contributed by atoms with E-state index in [2.05, 4.69) is 34.4 Å². The van der Waals surface area contributed by atoms with E-state index >= 15 is 0 Å². The van der Waals surface area contributed by atoms with Gasteiger partial charge in [-0.2, -0.15) is 4.31 Å². The summed E-state index contributed by atoms with van der Waals surface area (Å²) in [5.74, 6) is -0.889. The zero-order valence-corrected chi connectivity index (χ0v) is 30.0. The molecule has 7 atom stereocenters. The first-order valence-electron chi connectivity index (χ1n) is 14.9. The molecule has 7 unspecified atom stereocenters. The van der Waals surface area contributed by atoms with Crippen molar-refractivity contribution >= 4 is 52.3 Å². The summed E-state index contributed by atoms with van der Waals surface area (Å²) in [5, 5.41) is 26.4. The molecule has 0 radical (unpaired) electrons. The van der Waals surface area contributed by atoms with Crippen LogP contribution in [0.2, 0.25) is 0 Å². The number of phosphoric acid groups is 3. The number of nitrogens with one attached hydrogen (secondary N) is 2. The molecule has 1 aliphatic rings. The van der Waals surface area contributed by atoms with Crippen molar-refractivity contribution in [3.05, 3.63) is 12.7 Å². The maximum absolute atomic E-state index is 12.6. The van der Waals surface area contributed by atoms with Crippen LogP contribution in [0.25, 0.3) is 11.2 Å². The topological polar surface area (TPSA) is 347 Å². The number of amides is 2. The van der Waals surface area contributed by atoms with E-state index in [4.69, 9.17) is 19.5 Å². The first-order valence-corrected chi connectivity index (χ1v) is 19.4. The number of imidazole rings is 1. The number of aliphatic hydroxyl groups excluding tert-OH is 2. The van der Waals surface area contributed by atoms with Gasteiger partial charge < -0.3 is 50.9 Å². The minimum absolute atomic E-state index is 0.0342. The monoisotopic (exact) mass is 777 g/mol. The third-order valence-electron chi connectivity index (χ3n) is 7.12. The van der Waals surface area contributed by atoms with Crippen LogP contribution in [0.1, 0.15) is 46.8 Å². The molecular weight excluding hydrogens is 735 g/mol. The zero-order valence-electron chi connectivity index (χ0n) is 27.3. The highest BCUT2D eigenvalue weighted by Gasteiger charge is 2.50. The van der Waals surface area contributed by atoms with Gasteiger partial charge in [-0.1, -0.05) is 27.7 Å². The number of carbonyl (C=O) groups excluding carboxylic acids is 2. The number of hydrogen-bond acceptors (Lipinski definition) is 16. The predicted molar refractivity (Wildman–Crippen MR) is 169 cm³/mol. The van der Waals surface area contributed by atoms with Crippen LogP contribution >= 0.6 is 23.5 Å². The van der Waals surface area contributed by atoms with Gasteiger partial charge in [-0.05, 0) is 12.3 Å². The van der Waals surface area contributed by atoms with Crippen molar-refractivity contribution in [1.82, 2.24) is 30.2 Å². The number of aliphatic hydroxyl groups is 2. The van der Waals surface area contributed by atoms with Gasteiger partial charge in [-0.25, -0.2) is 28.6 Å². The van der Waals surface area contributed by atoms with E-state index in [0.29, 0.717) is 12.5 Å². The SMILES string of the molecule is CC(C)CCNC(=O)CCNC(=O)C(O)C(C)(C)COP(=O)(O)OP(=O)(O)OCC1OC(n2cnc3c(N)ncnc32)C(O)C1OP(=O)(O)O. The van der Waals surface area contributed by atoms with Gasteiger partial charge in [0.05, 0.1) is 19.5 Å². The lowest BCUT2D eigenvalue weighted by atomic mass is 9.87. The van der Waals surface area contributed by atoms with Crippen LogP contribution in [-0.2, 0) is 45.9 Å². The summed E-state index contributed by atoms with van der Waals surface area (Å²) in [4.78, 5) is 75.1. The molecule has 284 valence electrons. The molecule has 2 aromatic rings. The molecule has 1 fully saturated rings. The van der Waals surface area contributed by atoms with Crippen LogP contribution in [0, 0.1) is 11.3 Å². The first kappa shape index (κ1) is 42.0. The summed E-state index contributed by atoms with van der Waals surface area (Å²) in [5.41, 5.74) is 4.32. The van der Waals surface area contributed by atoms with Gasteiger partial charge in [0, 0.05) is 24.9 Å². The van der Waals surface area contributed by atoms with E-state index in [9.17, 15) is 53.1 Å². The minimum atomic E-state index is -5.54. The normalized spacial score (nSPS) is 23.0. The molecule has 50 heavy (non-hydrogen) atoms. The number of nitrogens with two attached hydrogens (primary N) is 1. The lowest BCUT2D eigenvalue weighted by Crippen LogP contribution is -2.46. The highest BCUT2D eigenvalue weighted by molar-refractivity contribution is 7.61. The Bertz CT molecular complexity index is 1640. The van der Waals surface area contributed by atoms with Gasteiger partial charge in [0.1, 0.15) is 36.3 Å². The lowest BCUT2D eigenvalue weighted by molar-refractivity contribution is -0.137. The van der Waals surface area contributed by atoms with Gasteiger partial charge in [-0.15, -0.1) is 0 Å². The average molecular weight is 778 g/mol. The standard InChI is InChI=1S/C24H42N7O16P3/c1-13(2)5-7-26-15(32)6-8-27-22(35)19(34)24(3,4)10-44-50(41,42)47-49(39,40)43-9-14-18(46-48(36,37)38)17(33)23(45-14)31-12-30-16-20(25)28-11-29-21(16)31/h11-14,17-19,23,33-34H,5-10H2,1-4H3,(H,26,32)(H,27,35)(H,39,40)(H,41,42)(H2,25,28,29)(H2,36,37,38). The number of aromatic nitrogens is 4. The number of phosphoric ester groups is 3. The van der Waals surface area contributed by atoms with Crippen LogP contribution in [0.4, 0.5) is 5.82 Å². The smallest absolute Gasteiger partial charge is 0.386 e. The Labute approximate surface area is 285 Å². The average Bonchev–Trinajstić information content (AvgIpc) is 3.54. The molecule has 2 aromatic heterocycles. The summed E-state index contributed by atoms with van der Waals surface area (Å²) in [6, 6.07) is 0. The van der Waals surface area contributed by atoms with E-state index in [1.807, 2.05) is 13.8 Å². The van der Waals surface area contributed by atoms with Crippen molar-refractivity contribution in [2.75, 3.05) is 32.0 Å². The number of nitrogens with zero attached hydrogens (tertiary/aromatic N) is 4. The van der Waals surface area contributed by atoms with Crippen molar-refractivity contribution in [2.45, 2.75) is 71.2 Å². The molecule has 10 N–H and O–H groups in total. The summed E-state index contributed by atoms with van der Waals surface area (Å²) in [6.07, 6.45) is -5.92. The molecule has 3 heterocycles. The number of carbonyl (C=O) groups is 2. The molecule has 1 aliphatic heterocycles. The molecule has 26 heteroatoms. The Hall–Kier alpha value is -2.46. The maximum atomic E-state index is 12.6. The largest absolute Gasteiger partial charge is 0.481 e. The van der Waals surface area contributed by atoms with E-state index in [0.717, 1.165) is 23.6 Å². The number of ether oxygens (including phenoxy) is 1. The highest BCUT2D eigenvalue weighted by atomic mass is 31.3. The van der Waals surface area contributed by atoms with Crippen molar-refractivity contribution < 1.29 is 75.7 Å². The first-order chi connectivity index (χ1) is 23.0. The highest BCUT2D eigenvalue weighted by Crippen LogP contribution is 2.61. The van der Waals surface area contributed by atoms with E-state index in [1.165, 1.54) is 13.8 Å². The van der Waals surface area contributed by atoms with Gasteiger partial charge in [0.15, 0.2) is 17.7 Å². The van der Waals surface area contributed by atoms with Crippen LogP contribution in [0.5, 0.6) is 0 Å². The summed E-state index contributed by atoms with van der Waals surface area (Å²) in [6.45, 7) is 4.92. The zero-order chi connectivity index (χ0) is 37.7. The Morgan fingerprint density at radius 2 is 1.72 bits per heavy atom. The predicted octanol–water partition coefficient (Wildman–Crippen LogP) is -0.549. The second-order valence-electron chi connectivity index (χ2n) is 12.3. The molecule has 0 bridgehead atoms. The molecule has 3 rings (SSSR count). The van der Waals surface area contributed by atoms with Gasteiger partial charge >= 0.3 is 23.5 Å². The summed E-state index contributed by atoms with van der Waals surface area (Å²) < 4.78 is 61.9. The number of rotatable bonds is 19. The quantitative estimate of drug-likeness (QED) is 0.0808. The summed E-state index contributed by atoms with van der Waals surface area (Å²) in [7, 11) is -16.3. The van der Waals surface area contributed by atoms with E-state index < -0.39 is 78.6 Å². The molecule has 0 spiro atoms. The molecule has 0 aromatic carbocycles. The maximum Gasteiger partial charge on any atom is 0.481 e. The Kier molecular flexibility index (Phi) is 14.2. The molecule has 0 saturated carbocycles. The number of anilines is 1. The second-order valence-corrected chi connectivity index (χ2v) is 16.5. The lowest BCUT2D eigenvalue weighted by Gasteiger charge is -2.30. The summed E-state index contributed by atoms with van der Waals surface area (Å²) >= 11 is 0. The third kappa shape index (κ3) is 12.1. The fourth-order valence-electron chi connectivity index (χ4n) is 4.44. The van der Waals surface area contributed by atoms with Crippen LogP contribution in [-0.4, -0.2) is 112 Å². The number of nitrogen functional groups attached to an aromatic ring is 1. The van der Waals surface area contributed by atoms with E-state index in [-0.39, 0.29) is 35.9 Å². The molecule has 0 aliphatic carbocycles. The fraction of sp³-hybridized carbons (Fsp3) is 0.708. The van der Waals surface area contributed by atoms with E-state index in [1.54, 1.807) is 0 Å². The number of fused-ring (bicyclic) bond motifs is 1. The van der Waals surface area contributed by atoms with Gasteiger partial charge in [0.25, 0.3) is 0 Å².